The zero-order chi connectivity index (χ0) is 49.8. The van der Waals surface area contributed by atoms with Crippen molar-refractivity contribution in [1.29, 1.82) is 0 Å². The molecule has 71 heavy (non-hydrogen) atoms. The van der Waals surface area contributed by atoms with Crippen molar-refractivity contribution in [1.82, 2.24) is 0 Å². The summed E-state index contributed by atoms with van der Waals surface area (Å²) in [6.07, 6.45) is 24.5. The fourth-order valence-electron chi connectivity index (χ4n) is 8.18. The van der Waals surface area contributed by atoms with Gasteiger partial charge in [0.1, 0.15) is 10.0 Å². The van der Waals surface area contributed by atoms with E-state index in [2.05, 4.69) is 272 Å². The molecule has 0 amide bonds. The molecule has 7 aromatic rings. The van der Waals surface area contributed by atoms with Gasteiger partial charge in [0.15, 0.2) is 0 Å². The van der Waals surface area contributed by atoms with Gasteiger partial charge in [0.25, 0.3) is 0 Å². The predicted molar refractivity (Wildman–Crippen MR) is 315 cm³/mol. The molecular formula is C64H65N5S2. The highest BCUT2D eigenvalue weighted by molar-refractivity contribution is 8.04. The van der Waals surface area contributed by atoms with Gasteiger partial charge < -0.3 is 19.6 Å². The molecular weight excluding hydrogens is 903 g/mol. The molecule has 1 aromatic heterocycles. The lowest BCUT2D eigenvalue weighted by molar-refractivity contribution is 0.905. The second-order valence-electron chi connectivity index (χ2n) is 16.6. The first-order valence-corrected chi connectivity index (χ1v) is 25.8. The first kappa shape index (κ1) is 51.1. The molecule has 0 unspecified atom stereocenters. The number of rotatable bonds is 19. The van der Waals surface area contributed by atoms with Crippen LogP contribution < -0.4 is 23.9 Å². The van der Waals surface area contributed by atoms with Crippen LogP contribution in [0, 0.1) is 0 Å². The fraction of sp³-hybridized carbons (Fsp3) is 0.125. The van der Waals surface area contributed by atoms with Gasteiger partial charge in [-0.15, -0.1) is 0 Å². The van der Waals surface area contributed by atoms with Crippen molar-refractivity contribution in [3.63, 3.8) is 0 Å². The maximum Gasteiger partial charge on any atom is 0.102 e. The summed E-state index contributed by atoms with van der Waals surface area (Å²) in [5.74, 6) is 0. The number of para-hydroxylation sites is 5. The van der Waals surface area contributed by atoms with Gasteiger partial charge in [-0.1, -0.05) is 165 Å². The van der Waals surface area contributed by atoms with Gasteiger partial charge >= 0.3 is 0 Å². The van der Waals surface area contributed by atoms with Crippen LogP contribution in [0.15, 0.2) is 272 Å². The van der Waals surface area contributed by atoms with Crippen LogP contribution in [0.4, 0.5) is 49.8 Å². The molecule has 0 spiro atoms. The summed E-state index contributed by atoms with van der Waals surface area (Å²) < 4.78 is 2.23. The Labute approximate surface area is 432 Å². The Morgan fingerprint density at radius 1 is 0.662 bits per heavy atom. The third kappa shape index (κ3) is 13.3. The Morgan fingerprint density at radius 2 is 1.23 bits per heavy atom. The average Bonchev–Trinajstić information content (AvgIpc) is 3.90. The number of anilines is 9. The number of hydrogen-bond acceptors (Lipinski definition) is 7. The maximum atomic E-state index is 4.34. The number of nitrogens with zero attached hydrogens (tertiary/aromatic N) is 5. The summed E-state index contributed by atoms with van der Waals surface area (Å²) in [4.78, 5) is 9.18. The molecule has 0 N–H and O–H groups in total. The Balaban J connectivity index is 0.000000241. The molecule has 0 bridgehead atoms. The zero-order valence-electron chi connectivity index (χ0n) is 41.7. The molecule has 0 radical (unpaired) electrons. The van der Waals surface area contributed by atoms with E-state index < -0.39 is 0 Å². The van der Waals surface area contributed by atoms with Gasteiger partial charge in [0, 0.05) is 64.4 Å². The number of allylic oxidation sites excluding steroid dienone is 11. The third-order valence-corrected chi connectivity index (χ3v) is 13.8. The van der Waals surface area contributed by atoms with Crippen molar-refractivity contribution in [2.45, 2.75) is 47.0 Å². The van der Waals surface area contributed by atoms with E-state index in [4.69, 9.17) is 0 Å². The predicted octanol–water partition coefficient (Wildman–Crippen LogP) is 19.5. The monoisotopic (exact) mass is 967 g/mol. The Hall–Kier alpha value is -7.71. The van der Waals surface area contributed by atoms with E-state index in [1.54, 1.807) is 11.9 Å². The van der Waals surface area contributed by atoms with Crippen LogP contribution in [0.3, 0.4) is 0 Å². The summed E-state index contributed by atoms with van der Waals surface area (Å²) in [5.41, 5.74) is 12.4. The maximum absolute atomic E-state index is 4.34. The Bertz CT molecular complexity index is 2930. The minimum atomic E-state index is 0.957. The average molecular weight is 968 g/mol. The molecule has 7 heteroatoms. The number of thiophene rings is 1. The molecule has 6 aromatic carbocycles. The minimum absolute atomic E-state index is 0.957. The summed E-state index contributed by atoms with van der Waals surface area (Å²) >= 11 is 3.48. The van der Waals surface area contributed by atoms with Gasteiger partial charge in [-0.25, -0.2) is 0 Å². The summed E-state index contributed by atoms with van der Waals surface area (Å²) in [6.45, 7) is 16.7. The lowest BCUT2D eigenvalue weighted by Crippen LogP contribution is -2.20. The van der Waals surface area contributed by atoms with Crippen LogP contribution in [-0.4, -0.2) is 7.05 Å². The first-order valence-electron chi connectivity index (χ1n) is 24.3. The topological polar surface area (TPSA) is 16.2 Å². The lowest BCUT2D eigenvalue weighted by Gasteiger charge is -2.30. The molecule has 1 heterocycles. The smallest absolute Gasteiger partial charge is 0.102 e. The van der Waals surface area contributed by atoms with E-state index >= 15 is 0 Å². The fourth-order valence-corrected chi connectivity index (χ4v) is 10.3. The van der Waals surface area contributed by atoms with E-state index in [-0.39, 0.29) is 0 Å². The number of hydrogen-bond donors (Lipinski definition) is 0. The Kier molecular flexibility index (Phi) is 19.0. The van der Waals surface area contributed by atoms with Crippen molar-refractivity contribution in [2.24, 2.45) is 0 Å². The molecule has 0 saturated carbocycles. The molecule has 0 fully saturated rings. The van der Waals surface area contributed by atoms with Crippen molar-refractivity contribution in [3.8, 4) is 0 Å². The minimum Gasteiger partial charge on any atom is -0.338 e. The highest BCUT2D eigenvalue weighted by atomic mass is 32.2. The van der Waals surface area contributed by atoms with Gasteiger partial charge in [-0.2, -0.15) is 0 Å². The summed E-state index contributed by atoms with van der Waals surface area (Å²) in [6, 6.07) is 63.5. The van der Waals surface area contributed by atoms with Gasteiger partial charge in [-0.05, 0) is 149 Å². The number of benzene rings is 6. The highest BCUT2D eigenvalue weighted by Crippen LogP contribution is 2.46. The standard InChI is InChI=1S/C41H43N3S.C23H22N2S/c1-6-9-20-33-31-38(27-28-39(33)42(32(4)5)35-21-13-10-14-22-35)44(37-25-17-12-18-26-37)41-30-29-40(45-41)43(34(8-3)19-7-2)36-23-15-11-16-24-36;1-3-13-23(24(2)20-14-7-4-8-15-20)26-25(21-16-9-5-10-17-21)22-18-11-6-12-19-22/h7-15,17-23,25-31H,4,6,16,24H2,1-3,5H3;3-19H,1H2,2H3/b19-7-,20-9?,34-8+;23-13-. The zero-order valence-corrected chi connectivity index (χ0v) is 43.3. The molecule has 0 aliphatic heterocycles. The van der Waals surface area contributed by atoms with Gasteiger partial charge in [-0.3, -0.25) is 4.31 Å². The molecule has 1 aliphatic carbocycles. The summed E-state index contributed by atoms with van der Waals surface area (Å²) in [7, 11) is 2.08. The van der Waals surface area contributed by atoms with Crippen molar-refractivity contribution >= 4 is 79.2 Å². The quantitative estimate of drug-likeness (QED) is 0.0589. The van der Waals surface area contributed by atoms with E-state index in [9.17, 15) is 0 Å². The third-order valence-electron chi connectivity index (χ3n) is 11.5. The van der Waals surface area contributed by atoms with Crippen LogP contribution in [0.1, 0.15) is 52.5 Å². The highest BCUT2D eigenvalue weighted by Gasteiger charge is 2.23. The molecule has 1 aliphatic rings. The second kappa shape index (κ2) is 26.3. The molecule has 8 rings (SSSR count). The SMILES string of the molecule is C=C(C)N(c1ccccc1)c1ccc(N(c2ccccc2)c2ccc(N(C3=CC=CCC3)C(/C=C\C)=C/C)s2)cc1C=CCC.C=C/C=C(\SN(c1ccccc1)c1ccccc1)N(C)c1ccccc1. The van der Waals surface area contributed by atoms with Gasteiger partial charge in [0.2, 0.25) is 0 Å². The van der Waals surface area contributed by atoms with Crippen molar-refractivity contribution in [3.05, 3.63) is 278 Å². The van der Waals surface area contributed by atoms with Crippen LogP contribution in [0.5, 0.6) is 0 Å². The van der Waals surface area contributed by atoms with E-state index in [0.717, 1.165) is 80.4 Å². The van der Waals surface area contributed by atoms with Gasteiger partial charge in [0.05, 0.1) is 22.1 Å². The second-order valence-corrected chi connectivity index (χ2v) is 18.6. The van der Waals surface area contributed by atoms with E-state index in [0.29, 0.717) is 0 Å². The first-order chi connectivity index (χ1) is 34.8. The molecule has 5 nitrogen and oxygen atoms in total. The molecule has 358 valence electrons. The lowest BCUT2D eigenvalue weighted by atomic mass is 10.1. The normalized spacial score (nSPS) is 12.5. The largest absolute Gasteiger partial charge is 0.338 e. The van der Waals surface area contributed by atoms with Crippen LogP contribution in [0.2, 0.25) is 0 Å². The molecule has 0 atom stereocenters. The van der Waals surface area contributed by atoms with Crippen LogP contribution in [0.25, 0.3) is 6.08 Å². The van der Waals surface area contributed by atoms with Crippen LogP contribution in [-0.2, 0) is 0 Å². The van der Waals surface area contributed by atoms with Crippen molar-refractivity contribution < 1.29 is 0 Å². The van der Waals surface area contributed by atoms with Crippen LogP contribution >= 0.6 is 23.3 Å². The van der Waals surface area contributed by atoms with E-state index in [1.807, 2.05) is 53.8 Å². The van der Waals surface area contributed by atoms with E-state index in [1.165, 1.54) is 16.4 Å². The Morgan fingerprint density at radius 3 is 1.75 bits per heavy atom. The molecule has 0 saturated heterocycles. The summed E-state index contributed by atoms with van der Waals surface area (Å²) in [5, 5.41) is 3.43. The van der Waals surface area contributed by atoms with Crippen molar-refractivity contribution in [2.75, 3.05) is 31.0 Å².